The number of nitrogens with zero attached hydrogens (tertiary/aromatic N) is 2. The predicted octanol–water partition coefficient (Wildman–Crippen LogP) is 4.21. The molecule has 0 spiro atoms. The van der Waals surface area contributed by atoms with E-state index >= 15 is 0 Å². The lowest BCUT2D eigenvalue weighted by atomic mass is 9.96. The molecule has 5 heteroatoms. The van der Waals surface area contributed by atoms with Crippen LogP contribution in [-0.4, -0.2) is 21.7 Å². The second-order valence-electron chi connectivity index (χ2n) is 5.95. The summed E-state index contributed by atoms with van der Waals surface area (Å²) < 4.78 is 0.918. The zero-order valence-corrected chi connectivity index (χ0v) is 15.2. The van der Waals surface area contributed by atoms with Gasteiger partial charge in [0.2, 0.25) is 0 Å². The van der Waals surface area contributed by atoms with Crippen LogP contribution in [-0.2, 0) is 5.72 Å². The lowest BCUT2D eigenvalue weighted by molar-refractivity contribution is -0.0766. The molecule has 0 fully saturated rings. The van der Waals surface area contributed by atoms with Crippen LogP contribution in [0.4, 0.5) is 0 Å². The predicted molar refractivity (Wildman–Crippen MR) is 97.7 cm³/mol. The molecule has 1 aliphatic heterocycles. The summed E-state index contributed by atoms with van der Waals surface area (Å²) in [5.74, 6) is -0.290. The minimum atomic E-state index is -1.45. The Hall–Kier alpha value is -1.98. The molecule has 3 rings (SSSR count). The molecule has 1 amide bonds. The Bertz CT molecular complexity index is 801. The molecule has 0 aromatic heterocycles. The fourth-order valence-corrected chi connectivity index (χ4v) is 3.16. The van der Waals surface area contributed by atoms with E-state index in [1.807, 2.05) is 56.3 Å². The average molecular weight is 387 g/mol. The highest BCUT2D eigenvalue weighted by molar-refractivity contribution is 9.10. The Morgan fingerprint density at radius 3 is 2.54 bits per heavy atom. The van der Waals surface area contributed by atoms with E-state index in [0.717, 1.165) is 15.7 Å². The van der Waals surface area contributed by atoms with Crippen molar-refractivity contribution in [1.29, 1.82) is 0 Å². The number of amides is 1. The Balaban J connectivity index is 2.05. The van der Waals surface area contributed by atoms with E-state index in [9.17, 15) is 9.90 Å². The molecule has 124 valence electrons. The molecule has 1 heterocycles. The van der Waals surface area contributed by atoms with Crippen LogP contribution in [0.25, 0.3) is 0 Å². The van der Waals surface area contributed by atoms with Crippen molar-refractivity contribution in [1.82, 2.24) is 5.01 Å². The topological polar surface area (TPSA) is 52.9 Å². The first-order chi connectivity index (χ1) is 11.5. The third kappa shape index (κ3) is 2.89. The van der Waals surface area contributed by atoms with Crippen LogP contribution in [0.1, 0.15) is 41.3 Å². The second kappa shape index (κ2) is 6.49. The van der Waals surface area contributed by atoms with Gasteiger partial charge in [-0.2, -0.15) is 10.1 Å². The van der Waals surface area contributed by atoms with Gasteiger partial charge in [0, 0.05) is 27.7 Å². The minimum absolute atomic E-state index is 0.290. The van der Waals surface area contributed by atoms with Crippen molar-refractivity contribution >= 4 is 27.5 Å². The first-order valence-electron chi connectivity index (χ1n) is 7.90. The number of aryl methyl sites for hydroxylation is 1. The zero-order chi connectivity index (χ0) is 17.3. The molecule has 1 aliphatic rings. The lowest BCUT2D eigenvalue weighted by Gasteiger charge is -2.32. The Morgan fingerprint density at radius 2 is 1.92 bits per heavy atom. The third-order valence-electron chi connectivity index (χ3n) is 4.32. The second-order valence-corrected chi connectivity index (χ2v) is 6.87. The van der Waals surface area contributed by atoms with Gasteiger partial charge in [0.15, 0.2) is 5.72 Å². The smallest absolute Gasteiger partial charge is 0.277 e. The molecule has 0 radical (unpaired) electrons. The summed E-state index contributed by atoms with van der Waals surface area (Å²) >= 11 is 3.40. The number of hydrazone groups is 1. The van der Waals surface area contributed by atoms with Gasteiger partial charge >= 0.3 is 0 Å². The Labute approximate surface area is 149 Å². The largest absolute Gasteiger partial charge is 0.365 e. The Morgan fingerprint density at radius 1 is 1.25 bits per heavy atom. The number of hydrogen-bond donors (Lipinski definition) is 1. The van der Waals surface area contributed by atoms with E-state index in [1.54, 1.807) is 6.07 Å². The molecule has 0 bridgehead atoms. The van der Waals surface area contributed by atoms with E-state index in [4.69, 9.17) is 0 Å². The summed E-state index contributed by atoms with van der Waals surface area (Å²) in [4.78, 5) is 13.0. The van der Waals surface area contributed by atoms with Gasteiger partial charge in [-0.3, -0.25) is 4.79 Å². The molecule has 24 heavy (non-hydrogen) atoms. The molecule has 0 unspecified atom stereocenters. The molecule has 2 aromatic carbocycles. The zero-order valence-electron chi connectivity index (χ0n) is 13.7. The Kier molecular flexibility index (Phi) is 4.56. The highest BCUT2D eigenvalue weighted by atomic mass is 79.9. The first kappa shape index (κ1) is 16.9. The van der Waals surface area contributed by atoms with Crippen molar-refractivity contribution in [3.63, 3.8) is 0 Å². The quantitative estimate of drug-likeness (QED) is 0.858. The average Bonchev–Trinajstić information content (AvgIpc) is 2.93. The minimum Gasteiger partial charge on any atom is -0.365 e. The summed E-state index contributed by atoms with van der Waals surface area (Å²) in [6.45, 7) is 3.86. The number of hydrogen-bond acceptors (Lipinski definition) is 3. The summed E-state index contributed by atoms with van der Waals surface area (Å²) in [7, 11) is 0. The van der Waals surface area contributed by atoms with E-state index in [1.165, 1.54) is 5.01 Å². The maximum atomic E-state index is 13.0. The molecule has 1 atom stereocenters. The molecule has 0 saturated heterocycles. The van der Waals surface area contributed by atoms with Gasteiger partial charge in [-0.15, -0.1) is 0 Å². The fourth-order valence-electron chi connectivity index (χ4n) is 2.90. The van der Waals surface area contributed by atoms with Crippen LogP contribution in [0.3, 0.4) is 0 Å². The van der Waals surface area contributed by atoms with Crippen molar-refractivity contribution in [2.45, 2.75) is 32.4 Å². The normalized spacial score (nSPS) is 20.2. The van der Waals surface area contributed by atoms with Gasteiger partial charge in [-0.1, -0.05) is 53.2 Å². The summed E-state index contributed by atoms with van der Waals surface area (Å²) in [6, 6.07) is 14.7. The molecule has 1 N–H and O–H groups in total. The van der Waals surface area contributed by atoms with Crippen LogP contribution >= 0.6 is 15.9 Å². The van der Waals surface area contributed by atoms with Crippen molar-refractivity contribution in [2.75, 3.05) is 0 Å². The first-order valence-corrected chi connectivity index (χ1v) is 8.70. The summed E-state index contributed by atoms with van der Waals surface area (Å²) in [5.41, 5.74) is 1.42. The van der Waals surface area contributed by atoms with E-state index in [0.29, 0.717) is 24.0 Å². The number of benzene rings is 2. The standard InChI is InChI=1S/C19H19BrN2O2/c1-3-16-12-19(24,14-8-10-15(20)11-9-14)22(21-16)18(23)17-7-5-4-6-13(17)2/h4-11,24H,3,12H2,1-2H3/t19-/m0/s1. The van der Waals surface area contributed by atoms with Gasteiger partial charge in [0.25, 0.3) is 5.91 Å². The highest BCUT2D eigenvalue weighted by Gasteiger charge is 2.45. The van der Waals surface area contributed by atoms with Crippen LogP contribution in [0.2, 0.25) is 0 Å². The van der Waals surface area contributed by atoms with Crippen LogP contribution in [0.5, 0.6) is 0 Å². The summed E-state index contributed by atoms with van der Waals surface area (Å²) in [5, 5.41) is 17.0. The van der Waals surface area contributed by atoms with E-state index in [-0.39, 0.29) is 5.91 Å². The third-order valence-corrected chi connectivity index (χ3v) is 4.85. The van der Waals surface area contributed by atoms with Crippen LogP contribution in [0.15, 0.2) is 58.1 Å². The fraction of sp³-hybridized carbons (Fsp3) is 0.263. The monoisotopic (exact) mass is 386 g/mol. The number of halogens is 1. The van der Waals surface area contributed by atoms with Gasteiger partial charge < -0.3 is 5.11 Å². The molecule has 4 nitrogen and oxygen atoms in total. The maximum Gasteiger partial charge on any atom is 0.277 e. The summed E-state index contributed by atoms with van der Waals surface area (Å²) in [6.07, 6.45) is 1.01. The van der Waals surface area contributed by atoms with Gasteiger partial charge in [-0.25, -0.2) is 0 Å². The van der Waals surface area contributed by atoms with Crippen molar-refractivity contribution in [2.24, 2.45) is 5.10 Å². The van der Waals surface area contributed by atoms with E-state index in [2.05, 4.69) is 21.0 Å². The number of carbonyl (C=O) groups is 1. The molecular formula is C19H19BrN2O2. The maximum absolute atomic E-state index is 13.0. The lowest BCUT2D eigenvalue weighted by Crippen LogP contribution is -2.43. The highest BCUT2D eigenvalue weighted by Crippen LogP contribution is 2.37. The van der Waals surface area contributed by atoms with E-state index < -0.39 is 5.72 Å². The molecule has 0 saturated carbocycles. The van der Waals surface area contributed by atoms with Crippen molar-refractivity contribution in [3.05, 3.63) is 69.7 Å². The number of rotatable bonds is 3. The van der Waals surface area contributed by atoms with Gasteiger partial charge in [-0.05, 0) is 37.1 Å². The molecular weight excluding hydrogens is 368 g/mol. The van der Waals surface area contributed by atoms with Crippen molar-refractivity contribution < 1.29 is 9.90 Å². The molecule has 0 aliphatic carbocycles. The van der Waals surface area contributed by atoms with Crippen LogP contribution in [0, 0.1) is 6.92 Å². The molecule has 2 aromatic rings. The SMILES string of the molecule is CCC1=NN(C(=O)c2ccccc2C)[C@@](O)(c2ccc(Br)cc2)C1. The van der Waals surface area contributed by atoms with Gasteiger partial charge in [0.05, 0.1) is 0 Å². The number of carbonyl (C=O) groups excluding carboxylic acids is 1. The van der Waals surface area contributed by atoms with Crippen molar-refractivity contribution in [3.8, 4) is 0 Å². The van der Waals surface area contributed by atoms with Gasteiger partial charge in [0.1, 0.15) is 0 Å². The number of aliphatic hydroxyl groups is 1. The van der Waals surface area contributed by atoms with Crippen LogP contribution < -0.4 is 0 Å².